The number of fused-ring (bicyclic) bond motifs is 1. The molecule has 1 aromatic carbocycles. The van der Waals surface area contributed by atoms with Gasteiger partial charge in [0.25, 0.3) is 0 Å². The van der Waals surface area contributed by atoms with Gasteiger partial charge in [0.2, 0.25) is 0 Å². The summed E-state index contributed by atoms with van der Waals surface area (Å²) in [6, 6.07) is 7.18. The summed E-state index contributed by atoms with van der Waals surface area (Å²) < 4.78 is 0. The molecule has 0 radical (unpaired) electrons. The minimum Gasteiger partial charge on any atom is -0.399 e. The van der Waals surface area contributed by atoms with Gasteiger partial charge in [-0.15, -0.1) is 0 Å². The Morgan fingerprint density at radius 2 is 1.72 bits per heavy atom. The van der Waals surface area contributed by atoms with E-state index in [4.69, 9.17) is 5.73 Å². The van der Waals surface area contributed by atoms with Crippen LogP contribution in [0.3, 0.4) is 0 Å². The Labute approximate surface area is 110 Å². The van der Waals surface area contributed by atoms with E-state index in [0.717, 1.165) is 5.69 Å². The quantitative estimate of drug-likeness (QED) is 0.766. The number of rotatable bonds is 1. The van der Waals surface area contributed by atoms with Crippen LogP contribution in [0.5, 0.6) is 0 Å². The molecule has 0 saturated carbocycles. The normalized spacial score (nSPS) is 25.4. The highest BCUT2D eigenvalue weighted by atomic mass is 15.2. The number of hydrogen-bond donors (Lipinski definition) is 1. The SMILES string of the molecule is Nc1ccc2c(c1)CCC2N1CCCCCCC1. The second-order valence-electron chi connectivity index (χ2n) is 5.82. The van der Waals surface area contributed by atoms with E-state index in [1.54, 1.807) is 5.56 Å². The molecule has 1 unspecified atom stereocenters. The van der Waals surface area contributed by atoms with E-state index in [9.17, 15) is 0 Å². The number of aryl methyl sites for hydroxylation is 1. The largest absolute Gasteiger partial charge is 0.399 e. The van der Waals surface area contributed by atoms with Crippen molar-refractivity contribution in [2.45, 2.75) is 51.0 Å². The third-order valence-corrected chi connectivity index (χ3v) is 4.54. The lowest BCUT2D eigenvalue weighted by molar-refractivity contribution is 0.179. The minimum absolute atomic E-state index is 0.665. The van der Waals surface area contributed by atoms with Gasteiger partial charge in [-0.2, -0.15) is 0 Å². The van der Waals surface area contributed by atoms with Crippen LogP contribution in [0.2, 0.25) is 0 Å². The predicted molar refractivity (Wildman–Crippen MR) is 76.6 cm³/mol. The van der Waals surface area contributed by atoms with Crippen molar-refractivity contribution in [3.8, 4) is 0 Å². The minimum atomic E-state index is 0.665. The number of nitrogens with two attached hydrogens (primary N) is 1. The van der Waals surface area contributed by atoms with Gasteiger partial charge in [0.1, 0.15) is 0 Å². The van der Waals surface area contributed by atoms with Crippen LogP contribution in [0.25, 0.3) is 0 Å². The van der Waals surface area contributed by atoms with E-state index < -0.39 is 0 Å². The molecule has 3 rings (SSSR count). The summed E-state index contributed by atoms with van der Waals surface area (Å²) in [7, 11) is 0. The Bertz CT molecular complexity index is 406. The number of benzene rings is 1. The smallest absolute Gasteiger partial charge is 0.0354 e. The average molecular weight is 244 g/mol. The first-order valence-corrected chi connectivity index (χ1v) is 7.47. The molecule has 0 amide bonds. The fraction of sp³-hybridized carbons (Fsp3) is 0.625. The third kappa shape index (κ3) is 2.39. The van der Waals surface area contributed by atoms with Crippen LogP contribution in [0.1, 0.15) is 55.7 Å². The fourth-order valence-corrected chi connectivity index (χ4v) is 3.58. The average Bonchev–Trinajstić information content (AvgIpc) is 2.71. The summed E-state index contributed by atoms with van der Waals surface area (Å²) in [4.78, 5) is 2.72. The summed E-state index contributed by atoms with van der Waals surface area (Å²) in [5, 5.41) is 0. The van der Waals surface area contributed by atoms with Gasteiger partial charge >= 0.3 is 0 Å². The first kappa shape index (κ1) is 12.0. The first-order chi connectivity index (χ1) is 8.84. The van der Waals surface area contributed by atoms with Crippen molar-refractivity contribution in [1.82, 2.24) is 4.90 Å². The van der Waals surface area contributed by atoms with Crippen LogP contribution >= 0.6 is 0 Å². The van der Waals surface area contributed by atoms with Gasteiger partial charge in [-0.05, 0) is 62.0 Å². The summed E-state index contributed by atoms with van der Waals surface area (Å²) in [6.45, 7) is 2.57. The van der Waals surface area contributed by atoms with Crippen LogP contribution in [0.15, 0.2) is 18.2 Å². The van der Waals surface area contributed by atoms with Crippen molar-refractivity contribution < 1.29 is 0 Å². The Balaban J connectivity index is 1.77. The molecule has 1 saturated heterocycles. The van der Waals surface area contributed by atoms with Crippen LogP contribution in [0.4, 0.5) is 5.69 Å². The van der Waals surface area contributed by atoms with Crippen LogP contribution < -0.4 is 5.73 Å². The van der Waals surface area contributed by atoms with E-state index in [-0.39, 0.29) is 0 Å². The van der Waals surface area contributed by atoms with Gasteiger partial charge in [-0.1, -0.05) is 25.3 Å². The second-order valence-corrected chi connectivity index (χ2v) is 5.82. The zero-order chi connectivity index (χ0) is 12.4. The Morgan fingerprint density at radius 3 is 2.50 bits per heavy atom. The molecule has 0 spiro atoms. The Hall–Kier alpha value is -1.02. The van der Waals surface area contributed by atoms with Crippen LogP contribution in [-0.2, 0) is 6.42 Å². The molecule has 1 aromatic rings. The third-order valence-electron chi connectivity index (χ3n) is 4.54. The number of likely N-dealkylation sites (tertiary alicyclic amines) is 1. The lowest BCUT2D eigenvalue weighted by Gasteiger charge is -2.31. The molecule has 1 aliphatic carbocycles. The van der Waals surface area contributed by atoms with Crippen LogP contribution in [-0.4, -0.2) is 18.0 Å². The number of hydrogen-bond acceptors (Lipinski definition) is 2. The molecule has 1 fully saturated rings. The highest BCUT2D eigenvalue weighted by Gasteiger charge is 2.27. The molecule has 0 bridgehead atoms. The van der Waals surface area contributed by atoms with Crippen molar-refractivity contribution in [1.29, 1.82) is 0 Å². The molecular formula is C16H24N2. The zero-order valence-electron chi connectivity index (χ0n) is 11.2. The fourth-order valence-electron chi connectivity index (χ4n) is 3.58. The van der Waals surface area contributed by atoms with Crippen molar-refractivity contribution in [2.24, 2.45) is 0 Å². The molecule has 18 heavy (non-hydrogen) atoms. The maximum absolute atomic E-state index is 5.89. The number of nitrogen functional groups attached to an aromatic ring is 1. The number of anilines is 1. The van der Waals surface area contributed by atoms with E-state index in [2.05, 4.69) is 23.1 Å². The lowest BCUT2D eigenvalue weighted by atomic mass is 10.0. The van der Waals surface area contributed by atoms with Gasteiger partial charge < -0.3 is 5.73 Å². The monoisotopic (exact) mass is 244 g/mol. The molecule has 0 aromatic heterocycles. The van der Waals surface area contributed by atoms with E-state index in [1.807, 2.05) is 0 Å². The van der Waals surface area contributed by atoms with E-state index >= 15 is 0 Å². The molecule has 2 N–H and O–H groups in total. The van der Waals surface area contributed by atoms with E-state index in [0.29, 0.717) is 6.04 Å². The Kier molecular flexibility index (Phi) is 3.55. The molecule has 98 valence electrons. The predicted octanol–water partition coefficient (Wildman–Crippen LogP) is 3.52. The highest BCUT2D eigenvalue weighted by Crippen LogP contribution is 2.37. The Morgan fingerprint density at radius 1 is 1.00 bits per heavy atom. The van der Waals surface area contributed by atoms with Gasteiger partial charge in [0.05, 0.1) is 0 Å². The molecule has 2 aliphatic rings. The lowest BCUT2D eigenvalue weighted by Crippen LogP contribution is -2.30. The standard InChI is InChI=1S/C16H24N2/c17-14-7-8-15-13(12-14)6-9-16(15)18-10-4-2-1-3-5-11-18/h7-8,12,16H,1-6,9-11,17H2. The molecule has 1 aliphatic heterocycles. The van der Waals surface area contributed by atoms with Gasteiger partial charge in [0.15, 0.2) is 0 Å². The summed E-state index contributed by atoms with van der Waals surface area (Å²) in [5.74, 6) is 0. The van der Waals surface area contributed by atoms with Gasteiger partial charge in [-0.25, -0.2) is 0 Å². The summed E-state index contributed by atoms with van der Waals surface area (Å²) >= 11 is 0. The number of nitrogens with zero attached hydrogens (tertiary/aromatic N) is 1. The molecular weight excluding hydrogens is 220 g/mol. The topological polar surface area (TPSA) is 29.3 Å². The van der Waals surface area contributed by atoms with E-state index in [1.165, 1.54) is 63.6 Å². The van der Waals surface area contributed by atoms with Crippen molar-refractivity contribution in [2.75, 3.05) is 18.8 Å². The van der Waals surface area contributed by atoms with Crippen molar-refractivity contribution in [3.05, 3.63) is 29.3 Å². The van der Waals surface area contributed by atoms with Crippen LogP contribution in [0, 0.1) is 0 Å². The first-order valence-electron chi connectivity index (χ1n) is 7.47. The van der Waals surface area contributed by atoms with Gasteiger partial charge in [0, 0.05) is 11.7 Å². The zero-order valence-corrected chi connectivity index (χ0v) is 11.2. The highest BCUT2D eigenvalue weighted by molar-refractivity contribution is 5.47. The molecule has 1 heterocycles. The maximum Gasteiger partial charge on any atom is 0.0354 e. The molecule has 2 heteroatoms. The van der Waals surface area contributed by atoms with Gasteiger partial charge in [-0.3, -0.25) is 4.90 Å². The summed E-state index contributed by atoms with van der Waals surface area (Å²) in [5.41, 5.74) is 9.84. The summed E-state index contributed by atoms with van der Waals surface area (Å²) in [6.07, 6.45) is 9.52. The molecule has 2 nitrogen and oxygen atoms in total. The maximum atomic E-state index is 5.89. The second kappa shape index (κ2) is 5.31. The van der Waals surface area contributed by atoms with Crippen molar-refractivity contribution >= 4 is 5.69 Å². The molecule has 1 atom stereocenters. The van der Waals surface area contributed by atoms with Crippen molar-refractivity contribution in [3.63, 3.8) is 0 Å².